The number of hydrogen-bond acceptors (Lipinski definition) is 4. The molecule has 10 heteroatoms. The molecule has 0 aromatic heterocycles. The Kier molecular flexibility index (Phi) is 10.4. The van der Waals surface area contributed by atoms with Crippen LogP contribution in [-0.2, 0) is 9.59 Å². The molecule has 30 heavy (non-hydrogen) atoms. The molecule has 0 aliphatic heterocycles. The third kappa shape index (κ3) is 9.65. The second-order valence-corrected chi connectivity index (χ2v) is 9.15. The minimum Gasteiger partial charge on any atom is -0.337 e. The van der Waals surface area contributed by atoms with E-state index >= 15 is 0 Å². The summed E-state index contributed by atoms with van der Waals surface area (Å²) in [7, 11) is 0. The van der Waals surface area contributed by atoms with E-state index in [-0.39, 0.29) is 25.4 Å². The number of urea groups is 1. The van der Waals surface area contributed by atoms with Crippen LogP contribution in [0.15, 0.2) is 18.2 Å². The van der Waals surface area contributed by atoms with Crippen molar-refractivity contribution in [3.63, 3.8) is 0 Å². The lowest BCUT2D eigenvalue weighted by molar-refractivity contribution is -0.140. The number of halogens is 2. The van der Waals surface area contributed by atoms with E-state index in [1.54, 1.807) is 17.6 Å². The average molecular weight is 461 g/mol. The maximum atomic E-state index is 12.7. The molecule has 1 aromatic carbocycles. The minimum atomic E-state index is -0.651. The zero-order chi connectivity index (χ0) is 22.9. The van der Waals surface area contributed by atoms with Crippen LogP contribution in [0, 0.1) is 11.3 Å². The van der Waals surface area contributed by atoms with Crippen LogP contribution in [0.25, 0.3) is 0 Å². The standard InChI is InChI=1S/C20H30Cl2N4O4/c1-13(2)7-8-26(11-17(27)25-30)18(28)10-20(3,4)12-23-19(29)24-16-6-5-14(21)9-15(16)22/h5-6,9,13,30H,7-8,10-12H2,1-4H3,(H,25,27)(H2,23,24,29). The van der Waals surface area contributed by atoms with Gasteiger partial charge in [0.1, 0.15) is 6.54 Å². The minimum absolute atomic E-state index is 0.117. The summed E-state index contributed by atoms with van der Waals surface area (Å²) in [5.74, 6) is -0.523. The summed E-state index contributed by atoms with van der Waals surface area (Å²) in [5.41, 5.74) is 1.41. The Balaban J connectivity index is 2.64. The van der Waals surface area contributed by atoms with Crippen LogP contribution >= 0.6 is 23.2 Å². The highest BCUT2D eigenvalue weighted by Gasteiger charge is 2.27. The van der Waals surface area contributed by atoms with Crippen molar-refractivity contribution in [2.45, 2.75) is 40.5 Å². The number of benzene rings is 1. The molecule has 0 unspecified atom stereocenters. The van der Waals surface area contributed by atoms with Crippen LogP contribution in [0.5, 0.6) is 0 Å². The van der Waals surface area contributed by atoms with Crippen molar-refractivity contribution >= 4 is 46.7 Å². The lowest BCUT2D eigenvalue weighted by Crippen LogP contribution is -2.44. The summed E-state index contributed by atoms with van der Waals surface area (Å²) < 4.78 is 0. The Morgan fingerprint density at radius 3 is 2.43 bits per heavy atom. The summed E-state index contributed by atoms with van der Waals surface area (Å²) in [5, 5.41) is 14.9. The van der Waals surface area contributed by atoms with Crippen molar-refractivity contribution < 1.29 is 19.6 Å². The van der Waals surface area contributed by atoms with Gasteiger partial charge in [0.2, 0.25) is 5.91 Å². The first-order valence-corrected chi connectivity index (χ1v) is 10.4. The molecule has 4 N–H and O–H groups in total. The van der Waals surface area contributed by atoms with E-state index in [9.17, 15) is 14.4 Å². The molecule has 1 rings (SSSR count). The average Bonchev–Trinajstić information content (AvgIpc) is 2.65. The molecule has 168 valence electrons. The second kappa shape index (κ2) is 12.0. The molecule has 0 heterocycles. The Hall–Kier alpha value is -2.03. The number of carbonyl (C=O) groups excluding carboxylic acids is 3. The van der Waals surface area contributed by atoms with Crippen LogP contribution in [0.2, 0.25) is 10.0 Å². The molecule has 8 nitrogen and oxygen atoms in total. The highest BCUT2D eigenvalue weighted by molar-refractivity contribution is 6.36. The van der Waals surface area contributed by atoms with Gasteiger partial charge in [-0.25, -0.2) is 10.3 Å². The fourth-order valence-corrected chi connectivity index (χ4v) is 3.03. The molecule has 0 saturated heterocycles. The van der Waals surface area contributed by atoms with Gasteiger partial charge < -0.3 is 15.5 Å². The number of anilines is 1. The van der Waals surface area contributed by atoms with Gasteiger partial charge in [-0.2, -0.15) is 0 Å². The maximum absolute atomic E-state index is 12.7. The van der Waals surface area contributed by atoms with Gasteiger partial charge in [0.05, 0.1) is 10.7 Å². The summed E-state index contributed by atoms with van der Waals surface area (Å²) in [6, 6.07) is 4.27. The molecule has 0 saturated carbocycles. The van der Waals surface area contributed by atoms with E-state index in [0.717, 1.165) is 6.42 Å². The summed E-state index contributed by atoms with van der Waals surface area (Å²) in [4.78, 5) is 37.9. The Morgan fingerprint density at radius 2 is 1.87 bits per heavy atom. The fraction of sp³-hybridized carbons (Fsp3) is 0.550. The van der Waals surface area contributed by atoms with Gasteiger partial charge in [-0.1, -0.05) is 50.9 Å². The molecular weight excluding hydrogens is 431 g/mol. The number of amides is 4. The molecular formula is C20H30Cl2N4O4. The Bertz CT molecular complexity index is 756. The van der Waals surface area contributed by atoms with E-state index in [0.29, 0.717) is 28.2 Å². The third-order valence-electron chi connectivity index (χ3n) is 4.32. The second-order valence-electron chi connectivity index (χ2n) is 8.31. The zero-order valence-corrected chi connectivity index (χ0v) is 19.2. The van der Waals surface area contributed by atoms with Crippen molar-refractivity contribution in [2.24, 2.45) is 11.3 Å². The lowest BCUT2D eigenvalue weighted by Gasteiger charge is -2.29. The third-order valence-corrected chi connectivity index (χ3v) is 4.87. The molecule has 0 aliphatic carbocycles. The predicted octanol–water partition coefficient (Wildman–Crippen LogP) is 3.91. The largest absolute Gasteiger partial charge is 0.337 e. The number of rotatable bonds is 10. The predicted molar refractivity (Wildman–Crippen MR) is 118 cm³/mol. The van der Waals surface area contributed by atoms with Crippen LogP contribution in [-0.4, -0.2) is 47.6 Å². The highest BCUT2D eigenvalue weighted by atomic mass is 35.5. The molecule has 0 fully saturated rings. The van der Waals surface area contributed by atoms with E-state index in [1.807, 2.05) is 27.7 Å². The molecule has 0 bridgehead atoms. The monoisotopic (exact) mass is 460 g/mol. The summed E-state index contributed by atoms with van der Waals surface area (Å²) >= 11 is 11.9. The quantitative estimate of drug-likeness (QED) is 0.313. The number of nitrogens with zero attached hydrogens (tertiary/aromatic N) is 1. The number of hydroxylamine groups is 1. The van der Waals surface area contributed by atoms with Crippen molar-refractivity contribution in [2.75, 3.05) is 25.0 Å². The number of hydrogen-bond donors (Lipinski definition) is 4. The van der Waals surface area contributed by atoms with Gasteiger partial charge in [-0.15, -0.1) is 0 Å². The van der Waals surface area contributed by atoms with Crippen LogP contribution in [0.3, 0.4) is 0 Å². The summed E-state index contributed by atoms with van der Waals surface area (Å²) in [6.07, 6.45) is 0.846. The molecule has 1 aromatic rings. The van der Waals surface area contributed by atoms with Crippen molar-refractivity contribution in [3.8, 4) is 0 Å². The van der Waals surface area contributed by atoms with Crippen molar-refractivity contribution in [1.29, 1.82) is 0 Å². The first-order valence-electron chi connectivity index (χ1n) is 9.64. The van der Waals surface area contributed by atoms with E-state index in [1.165, 1.54) is 11.0 Å². The fourth-order valence-electron chi connectivity index (χ4n) is 2.58. The molecule has 0 aliphatic rings. The number of nitrogens with one attached hydrogen (secondary N) is 3. The SMILES string of the molecule is CC(C)CCN(CC(=O)NO)C(=O)CC(C)(C)CNC(=O)Nc1ccc(Cl)cc1Cl. The van der Waals surface area contributed by atoms with Gasteiger partial charge in [-0.05, 0) is 36.0 Å². The van der Waals surface area contributed by atoms with Gasteiger partial charge in [-0.3, -0.25) is 14.8 Å². The Morgan fingerprint density at radius 1 is 1.20 bits per heavy atom. The maximum Gasteiger partial charge on any atom is 0.319 e. The van der Waals surface area contributed by atoms with Crippen LogP contribution in [0.1, 0.15) is 40.5 Å². The molecule has 0 atom stereocenters. The van der Waals surface area contributed by atoms with Gasteiger partial charge in [0, 0.05) is 24.5 Å². The first-order chi connectivity index (χ1) is 13.9. The van der Waals surface area contributed by atoms with E-state index < -0.39 is 17.4 Å². The normalized spacial score (nSPS) is 11.2. The smallest absolute Gasteiger partial charge is 0.319 e. The number of carbonyl (C=O) groups is 3. The van der Waals surface area contributed by atoms with Gasteiger partial charge in [0.25, 0.3) is 5.91 Å². The molecule has 0 radical (unpaired) electrons. The van der Waals surface area contributed by atoms with Gasteiger partial charge >= 0.3 is 6.03 Å². The molecule has 0 spiro atoms. The Labute approximate surface area is 187 Å². The van der Waals surface area contributed by atoms with E-state index in [4.69, 9.17) is 28.4 Å². The van der Waals surface area contributed by atoms with E-state index in [2.05, 4.69) is 10.6 Å². The zero-order valence-electron chi connectivity index (χ0n) is 17.7. The highest BCUT2D eigenvalue weighted by Crippen LogP contribution is 2.25. The van der Waals surface area contributed by atoms with Crippen molar-refractivity contribution in [1.82, 2.24) is 15.7 Å². The summed E-state index contributed by atoms with van der Waals surface area (Å²) in [6.45, 7) is 8.13. The van der Waals surface area contributed by atoms with Crippen LogP contribution < -0.4 is 16.1 Å². The van der Waals surface area contributed by atoms with Gasteiger partial charge in [0.15, 0.2) is 0 Å². The first kappa shape index (κ1) is 26.0. The topological polar surface area (TPSA) is 111 Å². The van der Waals surface area contributed by atoms with Crippen molar-refractivity contribution in [3.05, 3.63) is 28.2 Å². The van der Waals surface area contributed by atoms with Crippen LogP contribution in [0.4, 0.5) is 10.5 Å². The molecule has 4 amide bonds. The lowest BCUT2D eigenvalue weighted by atomic mass is 9.88.